The minimum atomic E-state index is -4.58. The molecule has 2 aromatic heterocycles. The molecule has 1 aliphatic heterocycles. The fraction of sp³-hybridized carbons (Fsp3) is 0.212. The van der Waals surface area contributed by atoms with Crippen LogP contribution in [0.15, 0.2) is 85.2 Å². The van der Waals surface area contributed by atoms with Crippen molar-refractivity contribution in [3.05, 3.63) is 102 Å². The standard InChI is InChI=1S/C33H31F3N6O/c1-21-3-6-26(19-29(21)23-5-4-22-8-10-42(30(22)17-23)27-7-9-38-31(37)20-27)39-32(43)24-15-25(33(34,35)36)18-28(16-24)41-13-11-40(2)12-14-41/h3-10,15-20H,11-14H2,1-2H3,(H2,37,38)(H,39,43). The maximum absolute atomic E-state index is 13.8. The number of piperazine rings is 1. The maximum Gasteiger partial charge on any atom is 0.416 e. The van der Waals surface area contributed by atoms with E-state index in [2.05, 4.69) is 21.3 Å². The molecule has 3 aromatic carbocycles. The fourth-order valence-corrected chi connectivity index (χ4v) is 5.47. The summed E-state index contributed by atoms with van der Waals surface area (Å²) in [4.78, 5) is 21.5. The molecule has 0 saturated carbocycles. The molecule has 0 atom stereocenters. The SMILES string of the molecule is Cc1ccc(NC(=O)c2cc(N3CCN(C)CC3)cc(C(F)(F)F)c2)cc1-c1ccc2ccn(-c3ccnc(N)c3)c2c1. The third-order valence-corrected chi connectivity index (χ3v) is 7.92. The zero-order valence-electron chi connectivity index (χ0n) is 23.8. The van der Waals surface area contributed by atoms with Gasteiger partial charge in [0.25, 0.3) is 5.91 Å². The number of hydrogen-bond acceptors (Lipinski definition) is 5. The van der Waals surface area contributed by atoms with Gasteiger partial charge in [0.2, 0.25) is 0 Å². The van der Waals surface area contributed by atoms with E-state index in [0.29, 0.717) is 30.3 Å². The van der Waals surface area contributed by atoms with Gasteiger partial charge in [-0.1, -0.05) is 18.2 Å². The number of benzene rings is 3. The van der Waals surface area contributed by atoms with Crippen molar-refractivity contribution in [2.24, 2.45) is 0 Å². The molecule has 0 aliphatic carbocycles. The summed E-state index contributed by atoms with van der Waals surface area (Å²) in [6.45, 7) is 4.61. The Morgan fingerprint density at radius 2 is 1.70 bits per heavy atom. The number of rotatable bonds is 5. The monoisotopic (exact) mass is 584 g/mol. The first-order chi connectivity index (χ1) is 20.5. The number of nitrogen functional groups attached to an aromatic ring is 1. The van der Waals surface area contributed by atoms with Crippen LogP contribution in [-0.2, 0) is 6.18 Å². The molecule has 6 rings (SSSR count). The first kappa shape index (κ1) is 28.3. The lowest BCUT2D eigenvalue weighted by atomic mass is 9.98. The van der Waals surface area contributed by atoms with Gasteiger partial charge in [-0.3, -0.25) is 4.79 Å². The van der Waals surface area contributed by atoms with E-state index in [9.17, 15) is 18.0 Å². The summed E-state index contributed by atoms with van der Waals surface area (Å²) < 4.78 is 43.5. The molecule has 3 heterocycles. The molecule has 1 amide bonds. The maximum atomic E-state index is 13.8. The molecule has 10 heteroatoms. The topological polar surface area (TPSA) is 79.4 Å². The second-order valence-electron chi connectivity index (χ2n) is 10.9. The van der Waals surface area contributed by atoms with Crippen LogP contribution in [0.5, 0.6) is 0 Å². The normalized spacial score (nSPS) is 14.3. The summed E-state index contributed by atoms with van der Waals surface area (Å²) in [6.07, 6.45) is -0.944. The number of aryl methyl sites for hydroxylation is 1. The highest BCUT2D eigenvalue weighted by Gasteiger charge is 2.32. The molecular weight excluding hydrogens is 553 g/mol. The number of nitrogens with one attached hydrogen (secondary N) is 1. The van der Waals surface area contributed by atoms with Gasteiger partial charge in [0, 0.05) is 61.6 Å². The zero-order chi connectivity index (χ0) is 30.3. The minimum absolute atomic E-state index is 0.0400. The van der Waals surface area contributed by atoms with Crippen LogP contribution >= 0.6 is 0 Å². The van der Waals surface area contributed by atoms with Crippen molar-refractivity contribution >= 4 is 34.0 Å². The highest BCUT2D eigenvalue weighted by molar-refractivity contribution is 6.05. The number of aromatic nitrogens is 2. The first-order valence-corrected chi connectivity index (χ1v) is 14.0. The van der Waals surface area contributed by atoms with Crippen LogP contribution in [0.25, 0.3) is 27.7 Å². The summed E-state index contributed by atoms with van der Waals surface area (Å²) in [7, 11) is 1.98. The average molecular weight is 585 g/mol. The van der Waals surface area contributed by atoms with Crippen molar-refractivity contribution in [3.8, 4) is 16.8 Å². The van der Waals surface area contributed by atoms with Gasteiger partial charge in [0.15, 0.2) is 0 Å². The van der Waals surface area contributed by atoms with Gasteiger partial charge in [-0.05, 0) is 84.6 Å². The molecule has 5 aromatic rings. The lowest BCUT2D eigenvalue weighted by Crippen LogP contribution is -2.44. The average Bonchev–Trinajstić information content (AvgIpc) is 3.41. The van der Waals surface area contributed by atoms with E-state index in [-0.39, 0.29) is 5.56 Å². The van der Waals surface area contributed by atoms with E-state index in [4.69, 9.17) is 5.73 Å². The lowest BCUT2D eigenvalue weighted by molar-refractivity contribution is -0.137. The molecule has 1 aliphatic rings. The molecule has 0 bridgehead atoms. The summed E-state index contributed by atoms with van der Waals surface area (Å²) in [6, 6.07) is 20.9. The molecule has 1 saturated heterocycles. The largest absolute Gasteiger partial charge is 0.416 e. The molecule has 7 nitrogen and oxygen atoms in total. The number of hydrogen-bond donors (Lipinski definition) is 2. The van der Waals surface area contributed by atoms with Gasteiger partial charge in [0.05, 0.1) is 16.8 Å². The van der Waals surface area contributed by atoms with Crippen LogP contribution in [0, 0.1) is 6.92 Å². The highest BCUT2D eigenvalue weighted by Crippen LogP contribution is 2.35. The Morgan fingerprint density at radius 1 is 0.907 bits per heavy atom. The minimum Gasteiger partial charge on any atom is -0.384 e. The van der Waals surface area contributed by atoms with Crippen LogP contribution in [0.4, 0.5) is 30.4 Å². The molecule has 0 unspecified atom stereocenters. The number of carbonyl (C=O) groups is 1. The number of nitrogens with two attached hydrogens (primary N) is 1. The number of halogens is 3. The van der Waals surface area contributed by atoms with Gasteiger partial charge >= 0.3 is 6.18 Å². The highest BCUT2D eigenvalue weighted by atomic mass is 19.4. The first-order valence-electron chi connectivity index (χ1n) is 14.0. The van der Waals surface area contributed by atoms with Crippen molar-refractivity contribution < 1.29 is 18.0 Å². The number of likely N-dealkylation sites (N-methyl/N-ethyl adjacent to an activating group) is 1. The van der Waals surface area contributed by atoms with E-state index in [0.717, 1.165) is 58.5 Å². The summed E-state index contributed by atoms with van der Waals surface area (Å²) in [5.74, 6) is -0.179. The number of amides is 1. The number of fused-ring (bicyclic) bond motifs is 1. The van der Waals surface area contributed by atoms with E-state index in [1.807, 2.05) is 66.0 Å². The van der Waals surface area contributed by atoms with E-state index >= 15 is 0 Å². The van der Waals surface area contributed by atoms with Crippen molar-refractivity contribution in [1.82, 2.24) is 14.5 Å². The summed E-state index contributed by atoms with van der Waals surface area (Å²) >= 11 is 0. The molecule has 1 fully saturated rings. The number of pyridine rings is 1. The smallest absolute Gasteiger partial charge is 0.384 e. The molecule has 0 radical (unpaired) electrons. The summed E-state index contributed by atoms with van der Waals surface area (Å²) in [5, 5.41) is 3.87. The van der Waals surface area contributed by atoms with Gasteiger partial charge < -0.3 is 25.4 Å². The van der Waals surface area contributed by atoms with E-state index in [1.54, 1.807) is 24.4 Å². The Labute approximate surface area is 247 Å². The Hall–Kier alpha value is -4.83. The molecule has 3 N–H and O–H groups in total. The van der Waals surface area contributed by atoms with Crippen LogP contribution in [-0.4, -0.2) is 53.6 Å². The van der Waals surface area contributed by atoms with Crippen LogP contribution in [0.3, 0.4) is 0 Å². The number of nitrogens with zero attached hydrogens (tertiary/aromatic N) is 4. The third-order valence-electron chi connectivity index (χ3n) is 7.92. The predicted octanol–water partition coefficient (Wildman–Crippen LogP) is 6.61. The van der Waals surface area contributed by atoms with Crippen LogP contribution < -0.4 is 16.0 Å². The van der Waals surface area contributed by atoms with Gasteiger partial charge in [-0.2, -0.15) is 13.2 Å². The Kier molecular flexibility index (Phi) is 7.31. The summed E-state index contributed by atoms with van der Waals surface area (Å²) in [5.41, 5.74) is 10.6. The van der Waals surface area contributed by atoms with Crippen LogP contribution in [0.1, 0.15) is 21.5 Å². The van der Waals surface area contributed by atoms with Crippen molar-refractivity contribution in [1.29, 1.82) is 0 Å². The predicted molar refractivity (Wildman–Crippen MR) is 165 cm³/mol. The molecule has 220 valence electrons. The second-order valence-corrected chi connectivity index (χ2v) is 10.9. The zero-order valence-corrected chi connectivity index (χ0v) is 23.8. The van der Waals surface area contributed by atoms with Crippen LogP contribution in [0.2, 0.25) is 0 Å². The molecular formula is C33H31F3N6O. The van der Waals surface area contributed by atoms with Gasteiger partial charge in [0.1, 0.15) is 5.82 Å². The van der Waals surface area contributed by atoms with E-state index in [1.165, 1.54) is 0 Å². The van der Waals surface area contributed by atoms with Crippen molar-refractivity contribution in [2.75, 3.05) is 49.2 Å². The molecule has 0 spiro atoms. The number of carbonyl (C=O) groups excluding carboxylic acids is 1. The third kappa shape index (κ3) is 5.91. The Balaban J connectivity index is 1.31. The Bertz CT molecular complexity index is 1820. The van der Waals surface area contributed by atoms with Crippen molar-refractivity contribution in [2.45, 2.75) is 13.1 Å². The van der Waals surface area contributed by atoms with Gasteiger partial charge in [-0.25, -0.2) is 4.98 Å². The quantitative estimate of drug-likeness (QED) is 0.243. The second kappa shape index (κ2) is 11.1. The lowest BCUT2D eigenvalue weighted by Gasteiger charge is -2.34. The van der Waals surface area contributed by atoms with Crippen molar-refractivity contribution in [3.63, 3.8) is 0 Å². The fourth-order valence-electron chi connectivity index (χ4n) is 5.47. The Morgan fingerprint density at radius 3 is 2.44 bits per heavy atom. The van der Waals surface area contributed by atoms with E-state index < -0.39 is 17.6 Å². The number of anilines is 3. The number of alkyl halides is 3. The van der Waals surface area contributed by atoms with Gasteiger partial charge in [-0.15, -0.1) is 0 Å². The molecule has 43 heavy (non-hydrogen) atoms.